The van der Waals surface area contributed by atoms with Crippen LogP contribution in [0.3, 0.4) is 0 Å². The maximum absolute atomic E-state index is 8.87. The molecule has 3 rings (SSSR count). The summed E-state index contributed by atoms with van der Waals surface area (Å²) in [6.07, 6.45) is 17.6. The van der Waals surface area contributed by atoms with E-state index in [0.29, 0.717) is 6.61 Å². The Hall–Kier alpha value is -3.54. The zero-order chi connectivity index (χ0) is 31.4. The van der Waals surface area contributed by atoms with Crippen LogP contribution in [0.25, 0.3) is 24.3 Å². The monoisotopic (exact) mass is 598 g/mol. The van der Waals surface area contributed by atoms with E-state index >= 15 is 0 Å². The van der Waals surface area contributed by atoms with Gasteiger partial charge in [-0.05, 0) is 73.2 Å². The molecule has 0 atom stereocenters. The van der Waals surface area contributed by atoms with Crippen LogP contribution in [0, 0.1) is 0 Å². The number of rotatable bonds is 21. The third-order valence-electron chi connectivity index (χ3n) is 7.88. The molecule has 0 bridgehead atoms. The molecule has 0 aliphatic heterocycles. The van der Waals surface area contributed by atoms with Crippen LogP contribution in [0.2, 0.25) is 0 Å². The van der Waals surface area contributed by atoms with Crippen molar-refractivity contribution in [2.24, 2.45) is 0 Å². The summed E-state index contributed by atoms with van der Waals surface area (Å²) in [4.78, 5) is 2.51. The molecule has 3 aromatic carbocycles. The topological polar surface area (TPSA) is 54.0 Å². The Balaban J connectivity index is 1.64. The maximum atomic E-state index is 8.87. The van der Waals surface area contributed by atoms with Gasteiger partial charge in [0.05, 0.1) is 14.2 Å². The number of ether oxygens (including phenoxy) is 2. The predicted octanol–water partition coefficient (Wildman–Crippen LogP) is 9.09. The Morgan fingerprint density at radius 2 is 1.18 bits per heavy atom. The van der Waals surface area contributed by atoms with Gasteiger partial charge in [0.15, 0.2) is 0 Å². The van der Waals surface area contributed by atoms with Crippen molar-refractivity contribution in [3.63, 3.8) is 0 Å². The molecule has 44 heavy (non-hydrogen) atoms. The Morgan fingerprint density at radius 3 is 1.68 bits per heavy atom. The van der Waals surface area contributed by atoms with Crippen LogP contribution in [-0.4, -0.2) is 45.6 Å². The lowest BCUT2D eigenvalue weighted by Gasteiger charge is -2.24. The number of anilines is 1. The molecule has 0 saturated heterocycles. The summed E-state index contributed by atoms with van der Waals surface area (Å²) in [7, 11) is 3.42. The minimum Gasteiger partial charge on any atom is -0.496 e. The number of aliphatic hydroxyl groups is 1. The van der Waals surface area contributed by atoms with E-state index in [2.05, 4.69) is 96.9 Å². The summed E-state index contributed by atoms with van der Waals surface area (Å²) >= 11 is 0. The van der Waals surface area contributed by atoms with Crippen molar-refractivity contribution in [2.75, 3.05) is 45.4 Å². The van der Waals surface area contributed by atoms with Gasteiger partial charge in [-0.2, -0.15) is 0 Å². The molecule has 0 aromatic heterocycles. The average Bonchev–Trinajstić information content (AvgIpc) is 3.06. The van der Waals surface area contributed by atoms with Gasteiger partial charge >= 0.3 is 0 Å². The molecular weight excluding hydrogens is 544 g/mol. The van der Waals surface area contributed by atoms with Crippen LogP contribution in [0.1, 0.15) is 93.0 Å². The van der Waals surface area contributed by atoms with Gasteiger partial charge in [-0.25, -0.2) is 0 Å². The van der Waals surface area contributed by atoms with Crippen LogP contribution < -0.4 is 19.7 Å². The lowest BCUT2D eigenvalue weighted by molar-refractivity contribution is 0.282. The van der Waals surface area contributed by atoms with E-state index < -0.39 is 0 Å². The number of nitrogens with zero attached hydrogens (tertiary/aromatic N) is 1. The fourth-order valence-electron chi connectivity index (χ4n) is 5.14. The zero-order valence-electron chi connectivity index (χ0n) is 27.5. The van der Waals surface area contributed by atoms with E-state index in [1.165, 1.54) is 36.9 Å². The van der Waals surface area contributed by atoms with Gasteiger partial charge in [-0.3, -0.25) is 0 Å². The summed E-state index contributed by atoms with van der Waals surface area (Å²) in [5.41, 5.74) is 6.80. The summed E-state index contributed by atoms with van der Waals surface area (Å²) in [5, 5.41) is 12.4. The molecule has 5 heteroatoms. The van der Waals surface area contributed by atoms with Gasteiger partial charge in [0.2, 0.25) is 0 Å². The molecule has 3 aromatic rings. The molecule has 0 unspecified atom stereocenters. The summed E-state index contributed by atoms with van der Waals surface area (Å²) in [5.74, 6) is 1.61. The fourth-order valence-corrected chi connectivity index (χ4v) is 5.14. The van der Waals surface area contributed by atoms with Crippen LogP contribution in [0.4, 0.5) is 5.69 Å². The van der Waals surface area contributed by atoms with Crippen molar-refractivity contribution < 1.29 is 14.6 Å². The molecule has 0 saturated carbocycles. The Morgan fingerprint density at radius 1 is 0.659 bits per heavy atom. The fraction of sp³-hybridized carbons (Fsp3) is 0.436. The number of aliphatic hydroxyl groups excluding tert-OH is 1. The van der Waals surface area contributed by atoms with Crippen molar-refractivity contribution in [3.8, 4) is 11.5 Å². The molecule has 0 aliphatic carbocycles. The lowest BCUT2D eigenvalue weighted by Crippen LogP contribution is -2.25. The summed E-state index contributed by atoms with van der Waals surface area (Å²) in [6.45, 7) is 8.89. The van der Waals surface area contributed by atoms with Crippen molar-refractivity contribution in [3.05, 3.63) is 88.5 Å². The van der Waals surface area contributed by atoms with E-state index in [-0.39, 0.29) is 0 Å². The lowest BCUT2D eigenvalue weighted by atomic mass is 10.0. The van der Waals surface area contributed by atoms with Gasteiger partial charge in [0, 0.05) is 43.1 Å². The van der Waals surface area contributed by atoms with Gasteiger partial charge < -0.3 is 24.8 Å². The average molecular weight is 599 g/mol. The van der Waals surface area contributed by atoms with Gasteiger partial charge in [0.25, 0.3) is 0 Å². The predicted molar refractivity (Wildman–Crippen MR) is 190 cm³/mol. The highest BCUT2D eigenvalue weighted by Gasteiger charge is 2.09. The second-order valence-corrected chi connectivity index (χ2v) is 11.3. The van der Waals surface area contributed by atoms with E-state index in [4.69, 9.17) is 14.6 Å². The van der Waals surface area contributed by atoms with E-state index in [0.717, 1.165) is 85.6 Å². The van der Waals surface area contributed by atoms with Crippen LogP contribution >= 0.6 is 0 Å². The molecule has 0 heterocycles. The minimum absolute atomic E-state index is 0.296. The third kappa shape index (κ3) is 11.9. The molecule has 0 fully saturated rings. The standard InChI is InChI=1S/C39H54N2O3/c1-5-7-26-41(27-8-6-2)37-23-19-33(20-24-37)18-22-36-30-38(43-3)35(29-39(36)44-4)21-17-32-13-15-34(16-14-32)31-40-25-11-9-10-12-28-42/h13-24,29-30,40,42H,5-12,25-28,31H2,1-4H3. The van der Waals surface area contributed by atoms with Crippen molar-refractivity contribution >= 4 is 30.0 Å². The molecule has 0 spiro atoms. The molecule has 5 nitrogen and oxygen atoms in total. The van der Waals surface area contributed by atoms with Crippen molar-refractivity contribution in [1.82, 2.24) is 5.32 Å². The Bertz CT molecular complexity index is 1260. The van der Waals surface area contributed by atoms with Crippen LogP contribution in [-0.2, 0) is 6.54 Å². The van der Waals surface area contributed by atoms with Gasteiger partial charge in [-0.1, -0.05) is 100 Å². The second-order valence-electron chi connectivity index (χ2n) is 11.3. The number of hydrogen-bond acceptors (Lipinski definition) is 5. The molecular formula is C39H54N2O3. The van der Waals surface area contributed by atoms with Crippen molar-refractivity contribution in [2.45, 2.75) is 71.8 Å². The Labute approximate surface area is 266 Å². The normalized spacial score (nSPS) is 11.5. The van der Waals surface area contributed by atoms with Crippen LogP contribution in [0.15, 0.2) is 60.7 Å². The maximum Gasteiger partial charge on any atom is 0.126 e. The van der Waals surface area contributed by atoms with Crippen molar-refractivity contribution in [1.29, 1.82) is 0 Å². The minimum atomic E-state index is 0.296. The van der Waals surface area contributed by atoms with Gasteiger partial charge in [0.1, 0.15) is 11.5 Å². The number of nitrogens with one attached hydrogen (secondary N) is 1. The first-order valence-corrected chi connectivity index (χ1v) is 16.5. The SMILES string of the molecule is CCCCN(CCCC)c1ccc(C=Cc2cc(OC)c(C=Cc3ccc(CNCCCCCCO)cc3)cc2OC)cc1. The van der Waals surface area contributed by atoms with E-state index in [1.807, 2.05) is 12.1 Å². The molecule has 238 valence electrons. The number of hydrogen-bond donors (Lipinski definition) is 2. The first-order valence-electron chi connectivity index (χ1n) is 16.5. The highest BCUT2D eigenvalue weighted by Crippen LogP contribution is 2.32. The summed E-state index contributed by atoms with van der Waals surface area (Å²) < 4.78 is 11.5. The number of unbranched alkanes of at least 4 members (excludes halogenated alkanes) is 5. The first-order chi connectivity index (χ1) is 21.6. The molecule has 0 aliphatic rings. The third-order valence-corrected chi connectivity index (χ3v) is 7.88. The van der Waals surface area contributed by atoms with E-state index in [9.17, 15) is 0 Å². The highest BCUT2D eigenvalue weighted by molar-refractivity contribution is 5.79. The van der Waals surface area contributed by atoms with Gasteiger partial charge in [-0.15, -0.1) is 0 Å². The number of methoxy groups -OCH3 is 2. The summed E-state index contributed by atoms with van der Waals surface area (Å²) in [6, 6.07) is 21.6. The zero-order valence-corrected chi connectivity index (χ0v) is 27.5. The first kappa shape index (κ1) is 34.9. The molecule has 0 radical (unpaired) electrons. The highest BCUT2D eigenvalue weighted by atomic mass is 16.5. The quantitative estimate of drug-likeness (QED) is 0.0946. The van der Waals surface area contributed by atoms with E-state index in [1.54, 1.807) is 14.2 Å². The second kappa shape index (κ2) is 20.4. The Kier molecular flexibility index (Phi) is 16.2. The largest absolute Gasteiger partial charge is 0.496 e. The molecule has 2 N–H and O–H groups in total. The smallest absolute Gasteiger partial charge is 0.126 e. The van der Waals surface area contributed by atoms with Crippen LogP contribution in [0.5, 0.6) is 11.5 Å². The number of benzene rings is 3. The molecule has 0 amide bonds.